The number of benzene rings is 1. The summed E-state index contributed by atoms with van der Waals surface area (Å²) in [6.45, 7) is 3.20. The minimum atomic E-state index is -0.341. The molecule has 0 saturated heterocycles. The van der Waals surface area contributed by atoms with Crippen LogP contribution in [-0.2, 0) is 0 Å². The van der Waals surface area contributed by atoms with Gasteiger partial charge in [-0.3, -0.25) is 0 Å². The predicted molar refractivity (Wildman–Crippen MR) is 70.4 cm³/mol. The molecular formula is C14H21FN2. The van der Waals surface area contributed by atoms with Gasteiger partial charge in [0.1, 0.15) is 5.82 Å². The molecule has 0 amide bonds. The van der Waals surface area contributed by atoms with E-state index in [1.165, 1.54) is 31.7 Å². The molecule has 0 bridgehead atoms. The van der Waals surface area contributed by atoms with E-state index in [2.05, 4.69) is 12.2 Å². The van der Waals surface area contributed by atoms with Gasteiger partial charge >= 0.3 is 0 Å². The molecule has 1 saturated carbocycles. The average Bonchev–Trinajstić information content (AvgIpc) is 2.33. The molecular weight excluding hydrogens is 215 g/mol. The fraction of sp³-hybridized carbons (Fsp3) is 0.571. The molecule has 17 heavy (non-hydrogen) atoms. The molecule has 0 aromatic heterocycles. The van der Waals surface area contributed by atoms with E-state index in [4.69, 9.17) is 5.73 Å². The Bertz CT molecular complexity index is 378. The summed E-state index contributed by atoms with van der Waals surface area (Å²) in [4.78, 5) is 0. The van der Waals surface area contributed by atoms with E-state index in [1.807, 2.05) is 6.07 Å². The van der Waals surface area contributed by atoms with Crippen molar-refractivity contribution in [2.75, 3.05) is 17.6 Å². The number of hydrogen-bond acceptors (Lipinski definition) is 2. The third-order valence-corrected chi connectivity index (χ3v) is 3.90. The van der Waals surface area contributed by atoms with Crippen molar-refractivity contribution in [3.05, 3.63) is 24.0 Å². The first-order valence-electron chi connectivity index (χ1n) is 6.46. The standard InChI is InChI=1S/C14H21FN2/c1-10-5-2-3-6-11(10)9-17-13-8-4-7-12(15)14(13)16/h4,7-8,10-11,17H,2-3,5-6,9,16H2,1H3. The Morgan fingerprint density at radius 1 is 1.35 bits per heavy atom. The van der Waals surface area contributed by atoms with Crippen molar-refractivity contribution in [2.24, 2.45) is 11.8 Å². The lowest BCUT2D eigenvalue weighted by atomic mass is 9.80. The molecule has 1 aromatic carbocycles. The lowest BCUT2D eigenvalue weighted by molar-refractivity contribution is 0.268. The third-order valence-electron chi connectivity index (χ3n) is 3.90. The van der Waals surface area contributed by atoms with Crippen LogP contribution in [0.5, 0.6) is 0 Å². The molecule has 0 heterocycles. The second-order valence-corrected chi connectivity index (χ2v) is 5.10. The Balaban J connectivity index is 1.95. The van der Waals surface area contributed by atoms with Crippen LogP contribution in [0.3, 0.4) is 0 Å². The number of halogens is 1. The van der Waals surface area contributed by atoms with Gasteiger partial charge in [-0.2, -0.15) is 0 Å². The molecule has 0 aliphatic heterocycles. The SMILES string of the molecule is CC1CCCCC1CNc1cccc(F)c1N. The highest BCUT2D eigenvalue weighted by Gasteiger charge is 2.21. The van der Waals surface area contributed by atoms with E-state index in [1.54, 1.807) is 6.07 Å². The molecule has 1 aliphatic rings. The minimum absolute atomic E-state index is 0.232. The maximum absolute atomic E-state index is 13.3. The van der Waals surface area contributed by atoms with Crippen LogP contribution in [-0.4, -0.2) is 6.54 Å². The summed E-state index contributed by atoms with van der Waals surface area (Å²) in [5.41, 5.74) is 6.65. The zero-order chi connectivity index (χ0) is 12.3. The molecule has 2 rings (SSSR count). The molecule has 0 radical (unpaired) electrons. The highest BCUT2D eigenvalue weighted by Crippen LogP contribution is 2.30. The fourth-order valence-corrected chi connectivity index (χ4v) is 2.63. The quantitative estimate of drug-likeness (QED) is 0.786. The fourth-order valence-electron chi connectivity index (χ4n) is 2.63. The Morgan fingerprint density at radius 3 is 2.88 bits per heavy atom. The van der Waals surface area contributed by atoms with Crippen LogP contribution in [0.25, 0.3) is 0 Å². The summed E-state index contributed by atoms with van der Waals surface area (Å²) < 4.78 is 13.3. The van der Waals surface area contributed by atoms with Crippen molar-refractivity contribution in [3.63, 3.8) is 0 Å². The Morgan fingerprint density at radius 2 is 2.12 bits per heavy atom. The zero-order valence-corrected chi connectivity index (χ0v) is 10.4. The summed E-state index contributed by atoms with van der Waals surface area (Å²) >= 11 is 0. The van der Waals surface area contributed by atoms with Crippen LogP contribution in [0.15, 0.2) is 18.2 Å². The van der Waals surface area contributed by atoms with E-state index < -0.39 is 0 Å². The van der Waals surface area contributed by atoms with Crippen molar-refractivity contribution in [3.8, 4) is 0 Å². The van der Waals surface area contributed by atoms with Crippen molar-refractivity contribution in [1.82, 2.24) is 0 Å². The molecule has 94 valence electrons. The molecule has 2 atom stereocenters. The number of rotatable bonds is 3. The Hall–Kier alpha value is -1.25. The second kappa shape index (κ2) is 5.39. The second-order valence-electron chi connectivity index (χ2n) is 5.10. The summed E-state index contributed by atoms with van der Waals surface area (Å²) in [5, 5.41) is 3.29. The Labute approximate surface area is 102 Å². The van der Waals surface area contributed by atoms with E-state index in [-0.39, 0.29) is 11.5 Å². The predicted octanol–water partition coefficient (Wildman–Crippen LogP) is 3.65. The van der Waals surface area contributed by atoms with Crippen LogP contribution in [0.2, 0.25) is 0 Å². The van der Waals surface area contributed by atoms with Crippen molar-refractivity contribution in [1.29, 1.82) is 0 Å². The lowest BCUT2D eigenvalue weighted by Gasteiger charge is -2.29. The number of nitrogens with one attached hydrogen (secondary N) is 1. The smallest absolute Gasteiger partial charge is 0.148 e. The molecule has 1 aromatic rings. The minimum Gasteiger partial charge on any atom is -0.395 e. The highest BCUT2D eigenvalue weighted by molar-refractivity contribution is 5.66. The molecule has 2 unspecified atom stereocenters. The van der Waals surface area contributed by atoms with Gasteiger partial charge in [0.2, 0.25) is 0 Å². The lowest BCUT2D eigenvalue weighted by Crippen LogP contribution is -2.24. The zero-order valence-electron chi connectivity index (χ0n) is 10.4. The van der Waals surface area contributed by atoms with E-state index in [0.29, 0.717) is 5.92 Å². The third kappa shape index (κ3) is 2.90. The summed E-state index contributed by atoms with van der Waals surface area (Å²) in [5.74, 6) is 1.10. The molecule has 1 fully saturated rings. The maximum Gasteiger partial charge on any atom is 0.148 e. The number of para-hydroxylation sites is 1. The summed E-state index contributed by atoms with van der Waals surface area (Å²) in [6.07, 6.45) is 5.24. The first-order chi connectivity index (χ1) is 8.18. The van der Waals surface area contributed by atoms with Gasteiger partial charge in [0, 0.05) is 6.54 Å². The van der Waals surface area contributed by atoms with Gasteiger partial charge in [-0.05, 0) is 30.4 Å². The van der Waals surface area contributed by atoms with Crippen LogP contribution >= 0.6 is 0 Å². The number of hydrogen-bond donors (Lipinski definition) is 2. The number of nitrogens with two attached hydrogens (primary N) is 1. The van der Waals surface area contributed by atoms with Gasteiger partial charge < -0.3 is 11.1 Å². The monoisotopic (exact) mass is 236 g/mol. The average molecular weight is 236 g/mol. The van der Waals surface area contributed by atoms with Crippen LogP contribution in [0.1, 0.15) is 32.6 Å². The first-order valence-corrected chi connectivity index (χ1v) is 6.46. The summed E-state index contributed by atoms with van der Waals surface area (Å²) in [7, 11) is 0. The van der Waals surface area contributed by atoms with Gasteiger partial charge in [0.25, 0.3) is 0 Å². The number of anilines is 2. The summed E-state index contributed by atoms with van der Waals surface area (Å²) in [6, 6.07) is 4.92. The molecule has 3 heteroatoms. The highest BCUT2D eigenvalue weighted by atomic mass is 19.1. The van der Waals surface area contributed by atoms with Gasteiger partial charge in [-0.1, -0.05) is 32.3 Å². The molecule has 3 N–H and O–H groups in total. The topological polar surface area (TPSA) is 38.0 Å². The van der Waals surface area contributed by atoms with E-state index in [0.717, 1.165) is 18.2 Å². The normalized spacial score (nSPS) is 24.6. The van der Waals surface area contributed by atoms with E-state index in [9.17, 15) is 4.39 Å². The van der Waals surface area contributed by atoms with Gasteiger partial charge in [-0.15, -0.1) is 0 Å². The van der Waals surface area contributed by atoms with Crippen molar-refractivity contribution in [2.45, 2.75) is 32.6 Å². The largest absolute Gasteiger partial charge is 0.395 e. The first kappa shape index (κ1) is 12.2. The van der Waals surface area contributed by atoms with Gasteiger partial charge in [0.05, 0.1) is 11.4 Å². The maximum atomic E-state index is 13.3. The van der Waals surface area contributed by atoms with E-state index >= 15 is 0 Å². The van der Waals surface area contributed by atoms with Crippen LogP contribution in [0, 0.1) is 17.7 Å². The molecule has 1 aliphatic carbocycles. The van der Waals surface area contributed by atoms with Crippen LogP contribution in [0.4, 0.5) is 15.8 Å². The van der Waals surface area contributed by atoms with Crippen molar-refractivity contribution < 1.29 is 4.39 Å². The number of nitrogen functional groups attached to an aromatic ring is 1. The van der Waals surface area contributed by atoms with Gasteiger partial charge in [-0.25, -0.2) is 4.39 Å². The van der Waals surface area contributed by atoms with Gasteiger partial charge in [0.15, 0.2) is 0 Å². The Kier molecular flexibility index (Phi) is 3.87. The molecule has 2 nitrogen and oxygen atoms in total. The van der Waals surface area contributed by atoms with Crippen LogP contribution < -0.4 is 11.1 Å². The van der Waals surface area contributed by atoms with Crippen molar-refractivity contribution >= 4 is 11.4 Å². The molecule has 0 spiro atoms.